The lowest BCUT2D eigenvalue weighted by Gasteiger charge is -2.17. The van der Waals surface area contributed by atoms with Crippen LogP contribution in [0.2, 0.25) is 0 Å². The van der Waals surface area contributed by atoms with Gasteiger partial charge in [-0.1, -0.05) is 24.3 Å². The number of aryl methyl sites for hydroxylation is 1. The zero-order chi connectivity index (χ0) is 20.5. The first-order valence-electron chi connectivity index (χ1n) is 8.79. The van der Waals surface area contributed by atoms with Gasteiger partial charge >= 0.3 is 5.97 Å². The smallest absolute Gasteiger partial charge is 0.338 e. The minimum atomic E-state index is -0.701. The predicted octanol–water partition coefficient (Wildman–Crippen LogP) is 3.90. The van der Waals surface area contributed by atoms with Crippen LogP contribution in [-0.4, -0.2) is 30.2 Å². The molecule has 0 bridgehead atoms. The molecule has 144 valence electrons. The normalized spacial score (nSPS) is 12.8. The quantitative estimate of drug-likeness (QED) is 0.365. The number of benzene rings is 2. The second kappa shape index (κ2) is 7.44. The summed E-state index contributed by atoms with van der Waals surface area (Å²) in [4.78, 5) is 51.5. The molecule has 0 aliphatic carbocycles. The van der Waals surface area contributed by atoms with E-state index in [2.05, 4.69) is 0 Å². The van der Waals surface area contributed by atoms with Gasteiger partial charge in [0.2, 0.25) is 5.78 Å². The summed E-state index contributed by atoms with van der Waals surface area (Å²) in [6, 6.07) is 14.6. The Bertz CT molecular complexity index is 1110. The molecule has 0 saturated heterocycles. The molecule has 3 aromatic rings. The number of hydrogen-bond donors (Lipinski definition) is 0. The molecule has 1 aliphatic heterocycles. The highest BCUT2D eigenvalue weighted by Gasteiger charge is 2.37. The van der Waals surface area contributed by atoms with Crippen LogP contribution in [0.3, 0.4) is 0 Å². The second-order valence-electron chi connectivity index (χ2n) is 6.47. The van der Waals surface area contributed by atoms with Crippen LogP contribution in [0.25, 0.3) is 0 Å². The maximum atomic E-state index is 12.7. The first-order valence-corrected chi connectivity index (χ1v) is 9.67. The average molecular weight is 405 g/mol. The zero-order valence-electron chi connectivity index (χ0n) is 15.4. The number of fused-ring (bicyclic) bond motifs is 1. The zero-order valence-corrected chi connectivity index (χ0v) is 16.2. The van der Waals surface area contributed by atoms with Crippen molar-refractivity contribution in [2.75, 3.05) is 11.5 Å². The highest BCUT2D eigenvalue weighted by molar-refractivity contribution is 7.12. The third-order valence-electron chi connectivity index (χ3n) is 4.61. The minimum Gasteiger partial charge on any atom is -0.454 e. The number of ether oxygens (including phenoxy) is 1. The Morgan fingerprint density at radius 1 is 0.966 bits per heavy atom. The van der Waals surface area contributed by atoms with E-state index >= 15 is 0 Å². The number of ketones is 1. The SMILES string of the molecule is Cc1ccc(C(=O)OCC(=O)c2cccs2)cc1N1C(=O)c2ccccc2C1=O. The van der Waals surface area contributed by atoms with Gasteiger partial charge in [0.15, 0.2) is 6.61 Å². The van der Waals surface area contributed by atoms with Crippen LogP contribution < -0.4 is 4.90 Å². The van der Waals surface area contributed by atoms with Gasteiger partial charge in [0, 0.05) is 0 Å². The fourth-order valence-electron chi connectivity index (χ4n) is 3.11. The van der Waals surface area contributed by atoms with Crippen molar-refractivity contribution in [1.82, 2.24) is 0 Å². The molecule has 2 heterocycles. The summed E-state index contributed by atoms with van der Waals surface area (Å²) in [7, 11) is 0. The fraction of sp³-hybridized carbons (Fsp3) is 0.0909. The van der Waals surface area contributed by atoms with Gasteiger partial charge in [-0.2, -0.15) is 0 Å². The number of amides is 2. The molecule has 7 heteroatoms. The van der Waals surface area contributed by atoms with E-state index in [4.69, 9.17) is 4.74 Å². The summed E-state index contributed by atoms with van der Waals surface area (Å²) in [5.74, 6) is -1.87. The summed E-state index contributed by atoms with van der Waals surface area (Å²) in [6.45, 7) is 1.36. The Hall–Kier alpha value is -3.58. The highest BCUT2D eigenvalue weighted by Crippen LogP contribution is 2.31. The number of carbonyl (C=O) groups excluding carboxylic acids is 4. The van der Waals surface area contributed by atoms with Gasteiger partial charge in [-0.3, -0.25) is 14.4 Å². The Morgan fingerprint density at radius 3 is 2.28 bits per heavy atom. The van der Waals surface area contributed by atoms with Crippen LogP contribution in [-0.2, 0) is 4.74 Å². The van der Waals surface area contributed by atoms with Gasteiger partial charge in [0.25, 0.3) is 11.8 Å². The molecule has 6 nitrogen and oxygen atoms in total. The minimum absolute atomic E-state index is 0.154. The van der Waals surface area contributed by atoms with Crippen molar-refractivity contribution in [1.29, 1.82) is 0 Å². The van der Waals surface area contributed by atoms with Crippen molar-refractivity contribution in [2.45, 2.75) is 6.92 Å². The van der Waals surface area contributed by atoms with E-state index in [-0.39, 0.29) is 18.0 Å². The number of thiophene rings is 1. The molecule has 29 heavy (non-hydrogen) atoms. The highest BCUT2D eigenvalue weighted by atomic mass is 32.1. The fourth-order valence-corrected chi connectivity index (χ4v) is 3.76. The number of nitrogens with zero attached hydrogens (tertiary/aromatic N) is 1. The molecular weight excluding hydrogens is 390 g/mol. The van der Waals surface area contributed by atoms with E-state index in [1.807, 2.05) is 0 Å². The molecule has 0 unspecified atom stereocenters. The first-order chi connectivity index (χ1) is 14.0. The summed E-state index contributed by atoms with van der Waals surface area (Å²) in [5, 5.41) is 1.77. The van der Waals surface area contributed by atoms with E-state index in [0.717, 1.165) is 4.90 Å². The third kappa shape index (κ3) is 3.36. The third-order valence-corrected chi connectivity index (χ3v) is 5.52. The Balaban J connectivity index is 1.57. The van der Waals surface area contributed by atoms with E-state index in [9.17, 15) is 19.2 Å². The molecule has 1 aromatic heterocycles. The number of rotatable bonds is 5. The van der Waals surface area contributed by atoms with Crippen molar-refractivity contribution in [3.63, 3.8) is 0 Å². The van der Waals surface area contributed by atoms with Crippen LogP contribution >= 0.6 is 11.3 Å². The Kier molecular flexibility index (Phi) is 4.82. The van der Waals surface area contributed by atoms with E-state index in [1.54, 1.807) is 54.8 Å². The van der Waals surface area contributed by atoms with Gasteiger partial charge < -0.3 is 4.74 Å². The van der Waals surface area contributed by atoms with Gasteiger partial charge in [0.05, 0.1) is 27.3 Å². The summed E-state index contributed by atoms with van der Waals surface area (Å²) in [6.07, 6.45) is 0. The van der Waals surface area contributed by atoms with Crippen LogP contribution in [0.1, 0.15) is 46.3 Å². The van der Waals surface area contributed by atoms with Crippen LogP contribution in [0, 0.1) is 6.92 Å². The molecular formula is C22H15NO5S. The van der Waals surface area contributed by atoms with Gasteiger partial charge in [0.1, 0.15) is 0 Å². The molecule has 0 fully saturated rings. The maximum absolute atomic E-state index is 12.7. The number of carbonyl (C=O) groups is 4. The number of Topliss-reactive ketones (excluding diaryl/α,β-unsaturated/α-hetero) is 1. The number of anilines is 1. The lowest BCUT2D eigenvalue weighted by atomic mass is 10.1. The summed E-state index contributed by atoms with van der Waals surface area (Å²) < 4.78 is 5.12. The Morgan fingerprint density at radius 2 is 1.66 bits per heavy atom. The van der Waals surface area contributed by atoms with E-state index < -0.39 is 17.8 Å². The van der Waals surface area contributed by atoms with Crippen molar-refractivity contribution in [2.24, 2.45) is 0 Å². The molecule has 4 rings (SSSR count). The maximum Gasteiger partial charge on any atom is 0.338 e. The molecule has 0 atom stereocenters. The molecule has 2 amide bonds. The second-order valence-corrected chi connectivity index (χ2v) is 7.42. The molecule has 1 aliphatic rings. The lowest BCUT2D eigenvalue weighted by molar-refractivity contribution is 0.0475. The number of esters is 1. The first kappa shape index (κ1) is 18.8. The molecule has 0 N–H and O–H groups in total. The summed E-state index contributed by atoms with van der Waals surface area (Å²) >= 11 is 1.27. The van der Waals surface area contributed by atoms with Crippen LogP contribution in [0.5, 0.6) is 0 Å². The van der Waals surface area contributed by atoms with Crippen LogP contribution in [0.15, 0.2) is 60.0 Å². The number of hydrogen-bond acceptors (Lipinski definition) is 6. The van der Waals surface area contributed by atoms with Gasteiger partial charge in [-0.25, -0.2) is 9.69 Å². The molecule has 2 aromatic carbocycles. The van der Waals surface area contributed by atoms with Crippen LogP contribution in [0.4, 0.5) is 5.69 Å². The van der Waals surface area contributed by atoms with Crippen molar-refractivity contribution >= 4 is 40.6 Å². The topological polar surface area (TPSA) is 80.8 Å². The van der Waals surface area contributed by atoms with Gasteiger partial charge in [-0.15, -0.1) is 11.3 Å². The standard InChI is InChI=1S/C22H15NO5S/c1-13-8-9-14(22(27)28-12-18(24)19-7-4-10-29-19)11-17(13)23-20(25)15-5-2-3-6-16(15)21(23)26/h2-11H,12H2,1H3. The lowest BCUT2D eigenvalue weighted by Crippen LogP contribution is -2.30. The Labute approximate surface area is 170 Å². The predicted molar refractivity (Wildman–Crippen MR) is 108 cm³/mol. The molecule has 0 spiro atoms. The average Bonchev–Trinajstić information content (AvgIpc) is 3.35. The van der Waals surface area contributed by atoms with Crippen molar-refractivity contribution < 1.29 is 23.9 Å². The van der Waals surface area contributed by atoms with Gasteiger partial charge in [-0.05, 0) is 48.2 Å². The monoisotopic (exact) mass is 405 g/mol. The molecule has 0 saturated carbocycles. The van der Waals surface area contributed by atoms with E-state index in [1.165, 1.54) is 23.5 Å². The van der Waals surface area contributed by atoms with Crippen molar-refractivity contribution in [3.8, 4) is 0 Å². The largest absolute Gasteiger partial charge is 0.454 e. The molecule has 0 radical (unpaired) electrons. The van der Waals surface area contributed by atoms with E-state index in [0.29, 0.717) is 27.3 Å². The summed E-state index contributed by atoms with van der Waals surface area (Å²) in [5.41, 5.74) is 1.78. The van der Waals surface area contributed by atoms with Crippen molar-refractivity contribution in [3.05, 3.63) is 87.1 Å². The number of imide groups is 1.